The highest BCUT2D eigenvalue weighted by Crippen LogP contribution is 2.16. The summed E-state index contributed by atoms with van der Waals surface area (Å²) in [6.07, 6.45) is 0.783. The van der Waals surface area contributed by atoms with E-state index in [2.05, 4.69) is 30.8 Å². The van der Waals surface area contributed by atoms with Crippen molar-refractivity contribution in [3.8, 4) is 0 Å². The number of hydrogen-bond donors (Lipinski definition) is 2. The van der Waals surface area contributed by atoms with Crippen molar-refractivity contribution in [1.29, 1.82) is 0 Å². The van der Waals surface area contributed by atoms with Crippen molar-refractivity contribution < 1.29 is 8.42 Å². The third-order valence-electron chi connectivity index (χ3n) is 3.10. The summed E-state index contributed by atoms with van der Waals surface area (Å²) in [5.41, 5.74) is 0.940. The molecule has 2 N–H and O–H groups in total. The zero-order valence-corrected chi connectivity index (χ0v) is 12.9. The second-order valence-electron chi connectivity index (χ2n) is 5.10. The van der Waals surface area contributed by atoms with Crippen LogP contribution in [0, 0.1) is 5.92 Å². The molecule has 0 amide bonds. The van der Waals surface area contributed by atoms with Crippen molar-refractivity contribution in [1.82, 2.24) is 4.72 Å². The molecule has 0 aromatic heterocycles. The van der Waals surface area contributed by atoms with Crippen LogP contribution in [-0.4, -0.2) is 21.0 Å². The highest BCUT2D eigenvalue weighted by Gasteiger charge is 2.13. The van der Waals surface area contributed by atoms with Gasteiger partial charge >= 0.3 is 0 Å². The molecule has 0 saturated heterocycles. The van der Waals surface area contributed by atoms with Crippen molar-refractivity contribution >= 4 is 15.7 Å². The van der Waals surface area contributed by atoms with Crippen molar-refractivity contribution in [2.45, 2.75) is 45.1 Å². The fourth-order valence-corrected chi connectivity index (χ4v) is 2.61. The minimum absolute atomic E-state index is 0.309. The number of sulfonamides is 1. The van der Waals surface area contributed by atoms with Gasteiger partial charge in [0.15, 0.2) is 0 Å². The molecule has 1 rings (SSSR count). The summed E-state index contributed by atoms with van der Waals surface area (Å²) in [4.78, 5) is 0.309. The minimum Gasteiger partial charge on any atom is -0.382 e. The fraction of sp³-hybridized carbons (Fsp3) is 0.571. The molecule has 0 aliphatic rings. The number of nitrogens with one attached hydrogen (secondary N) is 2. The summed E-state index contributed by atoms with van der Waals surface area (Å²) in [5, 5.41) is 3.35. The van der Waals surface area contributed by atoms with Gasteiger partial charge < -0.3 is 5.32 Å². The Morgan fingerprint density at radius 3 is 2.16 bits per heavy atom. The molecule has 19 heavy (non-hydrogen) atoms. The van der Waals surface area contributed by atoms with Crippen molar-refractivity contribution in [3.05, 3.63) is 24.3 Å². The molecule has 0 heterocycles. The van der Waals surface area contributed by atoms with Gasteiger partial charge in [-0.15, -0.1) is 0 Å². The van der Waals surface area contributed by atoms with Gasteiger partial charge in [0.25, 0.3) is 0 Å². The Morgan fingerprint density at radius 2 is 1.68 bits per heavy atom. The van der Waals surface area contributed by atoms with Crippen LogP contribution in [0.5, 0.6) is 0 Å². The lowest BCUT2D eigenvalue weighted by molar-refractivity contribution is 0.560. The maximum atomic E-state index is 11.9. The number of hydrogen-bond acceptors (Lipinski definition) is 3. The first-order valence-electron chi connectivity index (χ1n) is 6.73. The molecule has 1 aromatic rings. The van der Waals surface area contributed by atoms with Gasteiger partial charge in [0.05, 0.1) is 4.90 Å². The molecule has 108 valence electrons. The number of rotatable bonds is 7. The fourth-order valence-electron chi connectivity index (χ4n) is 1.48. The van der Waals surface area contributed by atoms with E-state index in [1.54, 1.807) is 24.3 Å². The third kappa shape index (κ3) is 4.84. The van der Waals surface area contributed by atoms with Crippen LogP contribution in [0.15, 0.2) is 29.2 Å². The molecule has 5 heteroatoms. The maximum Gasteiger partial charge on any atom is 0.240 e. The highest BCUT2D eigenvalue weighted by molar-refractivity contribution is 7.89. The zero-order chi connectivity index (χ0) is 14.5. The quantitative estimate of drug-likeness (QED) is 0.809. The molecule has 0 saturated carbocycles. The van der Waals surface area contributed by atoms with E-state index in [0.29, 0.717) is 23.4 Å². The van der Waals surface area contributed by atoms with Crippen LogP contribution in [-0.2, 0) is 10.0 Å². The summed E-state index contributed by atoms with van der Waals surface area (Å²) < 4.78 is 26.4. The Kier molecular flexibility index (Phi) is 5.82. The standard InChI is InChI=1S/C14H24N2O2S/c1-5-10-15-19(17,18)14-8-6-13(7-9-14)16-12(4)11(2)3/h6-9,11-12,15-16H,5,10H2,1-4H3. The van der Waals surface area contributed by atoms with Crippen LogP contribution < -0.4 is 10.0 Å². The predicted molar refractivity (Wildman–Crippen MR) is 79.8 cm³/mol. The summed E-state index contributed by atoms with van der Waals surface area (Å²) in [7, 11) is -3.36. The summed E-state index contributed by atoms with van der Waals surface area (Å²) in [6, 6.07) is 7.22. The van der Waals surface area contributed by atoms with Crippen molar-refractivity contribution in [3.63, 3.8) is 0 Å². The van der Waals surface area contributed by atoms with E-state index in [1.807, 2.05) is 6.92 Å². The summed E-state index contributed by atoms with van der Waals surface area (Å²) >= 11 is 0. The van der Waals surface area contributed by atoms with E-state index in [1.165, 1.54) is 0 Å². The second kappa shape index (κ2) is 6.91. The van der Waals surface area contributed by atoms with Crippen LogP contribution in [0.2, 0.25) is 0 Å². The molecular formula is C14H24N2O2S. The molecule has 4 nitrogen and oxygen atoms in total. The van der Waals surface area contributed by atoms with Gasteiger partial charge in [-0.25, -0.2) is 13.1 Å². The smallest absolute Gasteiger partial charge is 0.240 e. The third-order valence-corrected chi connectivity index (χ3v) is 4.58. The van der Waals surface area contributed by atoms with Gasteiger partial charge in [-0.3, -0.25) is 0 Å². The van der Waals surface area contributed by atoms with Crippen molar-refractivity contribution in [2.75, 3.05) is 11.9 Å². The Morgan fingerprint density at radius 1 is 1.11 bits per heavy atom. The average Bonchev–Trinajstić information content (AvgIpc) is 2.37. The molecule has 0 bridgehead atoms. The van der Waals surface area contributed by atoms with E-state index in [0.717, 1.165) is 12.1 Å². The lowest BCUT2D eigenvalue weighted by atomic mass is 10.1. The van der Waals surface area contributed by atoms with E-state index >= 15 is 0 Å². The number of benzene rings is 1. The lowest BCUT2D eigenvalue weighted by Crippen LogP contribution is -2.24. The van der Waals surface area contributed by atoms with Gasteiger partial charge in [0.2, 0.25) is 10.0 Å². The molecule has 0 radical (unpaired) electrons. The van der Waals surface area contributed by atoms with E-state index in [4.69, 9.17) is 0 Å². The molecule has 1 atom stereocenters. The molecule has 1 aromatic carbocycles. The van der Waals surface area contributed by atoms with Gasteiger partial charge in [-0.2, -0.15) is 0 Å². The van der Waals surface area contributed by atoms with Crippen LogP contribution in [0.1, 0.15) is 34.1 Å². The molecule has 0 aliphatic heterocycles. The van der Waals surface area contributed by atoms with Crippen LogP contribution in [0.25, 0.3) is 0 Å². The monoisotopic (exact) mass is 284 g/mol. The Balaban J connectivity index is 2.76. The zero-order valence-electron chi connectivity index (χ0n) is 12.1. The molecule has 0 spiro atoms. The maximum absolute atomic E-state index is 11.9. The SMILES string of the molecule is CCCNS(=O)(=O)c1ccc(NC(C)C(C)C)cc1. The van der Waals surface area contributed by atoms with E-state index in [9.17, 15) is 8.42 Å². The first-order valence-corrected chi connectivity index (χ1v) is 8.21. The first kappa shape index (κ1) is 16.0. The normalized spacial score (nSPS) is 13.5. The van der Waals surface area contributed by atoms with E-state index < -0.39 is 10.0 Å². The topological polar surface area (TPSA) is 58.2 Å². The highest BCUT2D eigenvalue weighted by atomic mass is 32.2. The second-order valence-corrected chi connectivity index (χ2v) is 6.87. The largest absolute Gasteiger partial charge is 0.382 e. The van der Waals surface area contributed by atoms with Crippen LogP contribution in [0.4, 0.5) is 5.69 Å². The van der Waals surface area contributed by atoms with Crippen LogP contribution in [0.3, 0.4) is 0 Å². The first-order chi connectivity index (χ1) is 8.86. The molecule has 0 fully saturated rings. The summed E-state index contributed by atoms with van der Waals surface area (Å²) in [6.45, 7) is 8.80. The van der Waals surface area contributed by atoms with Gasteiger partial charge in [0.1, 0.15) is 0 Å². The van der Waals surface area contributed by atoms with Gasteiger partial charge in [0, 0.05) is 18.3 Å². The minimum atomic E-state index is -3.36. The number of anilines is 1. The van der Waals surface area contributed by atoms with E-state index in [-0.39, 0.29) is 0 Å². The molecular weight excluding hydrogens is 260 g/mol. The molecule has 0 aliphatic carbocycles. The van der Waals surface area contributed by atoms with Gasteiger partial charge in [-0.1, -0.05) is 20.8 Å². The Labute approximate surface area is 116 Å². The van der Waals surface area contributed by atoms with Crippen molar-refractivity contribution in [2.24, 2.45) is 5.92 Å². The average molecular weight is 284 g/mol. The Bertz CT molecular complexity index is 481. The lowest BCUT2D eigenvalue weighted by Gasteiger charge is -2.19. The Hall–Kier alpha value is -1.07. The van der Waals surface area contributed by atoms with Crippen LogP contribution >= 0.6 is 0 Å². The molecule has 1 unspecified atom stereocenters. The predicted octanol–water partition coefficient (Wildman–Crippen LogP) is 2.83. The van der Waals surface area contributed by atoms with Gasteiger partial charge in [-0.05, 0) is 43.5 Å². The summed E-state index contributed by atoms with van der Waals surface area (Å²) in [5.74, 6) is 0.523.